The lowest BCUT2D eigenvalue weighted by atomic mass is 10.3. The number of halogens is 1. The molecule has 1 aromatic carbocycles. The fourth-order valence-electron chi connectivity index (χ4n) is 2.28. The monoisotopic (exact) mass is 382 g/mol. The van der Waals surface area contributed by atoms with Crippen LogP contribution in [-0.4, -0.2) is 31.4 Å². The van der Waals surface area contributed by atoms with Crippen molar-refractivity contribution in [1.82, 2.24) is 8.87 Å². The van der Waals surface area contributed by atoms with Gasteiger partial charge in [-0.2, -0.15) is 8.42 Å². The third-order valence-electron chi connectivity index (χ3n) is 3.21. The highest BCUT2D eigenvalue weighted by molar-refractivity contribution is 9.10. The predicted octanol–water partition coefficient (Wildman–Crippen LogP) is 3.30. The third kappa shape index (κ3) is 2.71. The van der Waals surface area contributed by atoms with Gasteiger partial charge < -0.3 is 9.32 Å². The zero-order valence-electron chi connectivity index (χ0n) is 12.2. The van der Waals surface area contributed by atoms with E-state index in [0.717, 1.165) is 10.9 Å². The van der Waals surface area contributed by atoms with E-state index in [1.165, 1.54) is 3.97 Å². The first-order valence-corrected chi connectivity index (χ1v) is 8.87. The van der Waals surface area contributed by atoms with Crippen LogP contribution in [0.1, 0.15) is 5.56 Å². The van der Waals surface area contributed by atoms with Gasteiger partial charge in [-0.1, -0.05) is 18.2 Å². The standard InChI is InChI=1S/C15H15BrN2O3S/c1-17(2)9-11-7-14(16)18(10-11)22(19,20)15-8-12-5-3-4-6-13(12)21-15/h3-8,10H,9H2,1-2H3. The van der Waals surface area contributed by atoms with Gasteiger partial charge in [-0.25, -0.2) is 3.97 Å². The quantitative estimate of drug-likeness (QED) is 0.694. The van der Waals surface area contributed by atoms with Gasteiger partial charge in [0.1, 0.15) is 10.2 Å². The average Bonchev–Trinajstić information content (AvgIpc) is 3.02. The lowest BCUT2D eigenvalue weighted by molar-refractivity contribution is 0.402. The van der Waals surface area contributed by atoms with E-state index >= 15 is 0 Å². The van der Waals surface area contributed by atoms with Crippen LogP contribution in [0.15, 0.2) is 56.7 Å². The Labute approximate surface area is 137 Å². The molecule has 0 fully saturated rings. The maximum atomic E-state index is 12.7. The molecule has 0 bridgehead atoms. The van der Waals surface area contributed by atoms with E-state index in [0.29, 0.717) is 16.7 Å². The van der Waals surface area contributed by atoms with Gasteiger partial charge in [0.2, 0.25) is 5.09 Å². The van der Waals surface area contributed by atoms with Crippen LogP contribution in [0.3, 0.4) is 0 Å². The highest BCUT2D eigenvalue weighted by atomic mass is 79.9. The third-order valence-corrected chi connectivity index (χ3v) is 5.59. The first-order chi connectivity index (χ1) is 10.4. The summed E-state index contributed by atoms with van der Waals surface area (Å²) >= 11 is 3.31. The van der Waals surface area contributed by atoms with Gasteiger partial charge in [0.05, 0.1) is 0 Å². The molecule has 0 amide bonds. The molecule has 7 heteroatoms. The first-order valence-electron chi connectivity index (χ1n) is 6.63. The van der Waals surface area contributed by atoms with Gasteiger partial charge >= 0.3 is 10.0 Å². The van der Waals surface area contributed by atoms with E-state index in [4.69, 9.17) is 4.42 Å². The molecule has 3 aromatic rings. The molecule has 0 aliphatic rings. The predicted molar refractivity (Wildman–Crippen MR) is 88.3 cm³/mol. The van der Waals surface area contributed by atoms with Crippen molar-refractivity contribution in [2.75, 3.05) is 14.1 Å². The Morgan fingerprint density at radius 2 is 1.95 bits per heavy atom. The number of para-hydroxylation sites is 1. The Morgan fingerprint density at radius 3 is 2.64 bits per heavy atom. The zero-order chi connectivity index (χ0) is 15.9. The normalized spacial score (nSPS) is 12.4. The highest BCUT2D eigenvalue weighted by Crippen LogP contribution is 2.27. The molecule has 5 nitrogen and oxygen atoms in total. The SMILES string of the molecule is CN(C)Cc1cc(Br)n(S(=O)(=O)c2cc3ccccc3o2)c1. The lowest BCUT2D eigenvalue weighted by Gasteiger charge is -2.06. The number of benzene rings is 1. The molecule has 2 aromatic heterocycles. The average molecular weight is 383 g/mol. The second-order valence-corrected chi connectivity index (χ2v) is 7.87. The molecular formula is C15H15BrN2O3S. The van der Waals surface area contributed by atoms with Crippen molar-refractivity contribution >= 4 is 36.9 Å². The number of aromatic nitrogens is 1. The van der Waals surface area contributed by atoms with Gasteiger partial charge in [0.25, 0.3) is 0 Å². The van der Waals surface area contributed by atoms with Gasteiger partial charge in [-0.05, 0) is 47.7 Å². The molecular weight excluding hydrogens is 368 g/mol. The van der Waals surface area contributed by atoms with Crippen LogP contribution in [-0.2, 0) is 16.6 Å². The molecule has 3 rings (SSSR count). The highest BCUT2D eigenvalue weighted by Gasteiger charge is 2.24. The summed E-state index contributed by atoms with van der Waals surface area (Å²) in [5.41, 5.74) is 1.45. The largest absolute Gasteiger partial charge is 0.443 e. The van der Waals surface area contributed by atoms with Crippen molar-refractivity contribution in [3.63, 3.8) is 0 Å². The Kier molecular flexibility index (Phi) is 3.88. The topological polar surface area (TPSA) is 55.5 Å². The molecule has 0 aliphatic carbocycles. The molecule has 0 spiro atoms. The van der Waals surface area contributed by atoms with Crippen LogP contribution in [0.4, 0.5) is 0 Å². The van der Waals surface area contributed by atoms with E-state index in [1.807, 2.05) is 37.2 Å². The molecule has 22 heavy (non-hydrogen) atoms. The second kappa shape index (κ2) is 5.57. The van der Waals surface area contributed by atoms with Crippen molar-refractivity contribution in [2.24, 2.45) is 0 Å². The van der Waals surface area contributed by atoms with Crippen LogP contribution in [0.25, 0.3) is 11.0 Å². The Bertz CT molecular complexity index is 892. The molecule has 116 valence electrons. The molecule has 0 radical (unpaired) electrons. The van der Waals surface area contributed by atoms with Crippen LogP contribution in [0, 0.1) is 0 Å². The van der Waals surface area contributed by atoms with Crippen molar-refractivity contribution in [3.05, 3.63) is 52.8 Å². The van der Waals surface area contributed by atoms with E-state index in [2.05, 4.69) is 15.9 Å². The molecule has 0 saturated heterocycles. The first kappa shape index (κ1) is 15.3. The maximum Gasteiger partial charge on any atom is 0.302 e. The number of hydrogen-bond donors (Lipinski definition) is 0. The van der Waals surface area contributed by atoms with Crippen molar-refractivity contribution in [1.29, 1.82) is 0 Å². The summed E-state index contributed by atoms with van der Waals surface area (Å²) in [6, 6.07) is 10.6. The molecule has 0 atom stereocenters. The summed E-state index contributed by atoms with van der Waals surface area (Å²) in [6.45, 7) is 0.654. The maximum absolute atomic E-state index is 12.7. The van der Waals surface area contributed by atoms with Crippen molar-refractivity contribution < 1.29 is 12.8 Å². The minimum absolute atomic E-state index is 0.0681. The molecule has 0 N–H and O–H groups in total. The van der Waals surface area contributed by atoms with Gasteiger partial charge in [0.15, 0.2) is 0 Å². The minimum Gasteiger partial charge on any atom is -0.443 e. The minimum atomic E-state index is -3.76. The summed E-state index contributed by atoms with van der Waals surface area (Å²) in [5, 5.41) is 0.694. The van der Waals surface area contributed by atoms with Crippen LogP contribution >= 0.6 is 15.9 Å². The van der Waals surface area contributed by atoms with Crippen molar-refractivity contribution in [2.45, 2.75) is 11.6 Å². The van der Waals surface area contributed by atoms with Crippen LogP contribution in [0.2, 0.25) is 0 Å². The fraction of sp³-hybridized carbons (Fsp3) is 0.200. The van der Waals surface area contributed by atoms with E-state index in [1.54, 1.807) is 24.4 Å². The van der Waals surface area contributed by atoms with Crippen molar-refractivity contribution in [3.8, 4) is 0 Å². The summed E-state index contributed by atoms with van der Waals surface area (Å²) in [4.78, 5) is 1.97. The summed E-state index contributed by atoms with van der Waals surface area (Å²) in [7, 11) is 0.0973. The van der Waals surface area contributed by atoms with Gasteiger partial charge in [-0.3, -0.25) is 0 Å². The Morgan fingerprint density at radius 1 is 1.23 bits per heavy atom. The van der Waals surface area contributed by atoms with Gasteiger partial charge in [0, 0.05) is 24.2 Å². The summed E-state index contributed by atoms with van der Waals surface area (Å²) in [6.07, 6.45) is 1.60. The Hall–Kier alpha value is -1.57. The lowest BCUT2D eigenvalue weighted by Crippen LogP contribution is -2.12. The van der Waals surface area contributed by atoms with E-state index in [-0.39, 0.29) is 5.09 Å². The second-order valence-electron chi connectivity index (χ2n) is 5.31. The molecule has 2 heterocycles. The van der Waals surface area contributed by atoms with Crippen LogP contribution in [0.5, 0.6) is 0 Å². The fourth-order valence-corrected chi connectivity index (χ4v) is 4.47. The summed E-state index contributed by atoms with van der Waals surface area (Å²) < 4.78 is 32.7. The number of rotatable bonds is 4. The zero-order valence-corrected chi connectivity index (χ0v) is 14.6. The number of hydrogen-bond acceptors (Lipinski definition) is 4. The number of fused-ring (bicyclic) bond motifs is 1. The molecule has 0 saturated carbocycles. The van der Waals surface area contributed by atoms with E-state index < -0.39 is 10.0 Å². The Balaban J connectivity index is 2.07. The molecule has 0 unspecified atom stereocenters. The van der Waals surface area contributed by atoms with Gasteiger partial charge in [-0.15, -0.1) is 0 Å². The van der Waals surface area contributed by atoms with E-state index in [9.17, 15) is 8.42 Å². The number of furan rings is 1. The summed E-state index contributed by atoms with van der Waals surface area (Å²) in [5.74, 6) is 0. The smallest absolute Gasteiger partial charge is 0.302 e. The molecule has 0 aliphatic heterocycles. The van der Waals surface area contributed by atoms with Crippen LogP contribution < -0.4 is 0 Å². The number of nitrogens with zero attached hydrogens (tertiary/aromatic N) is 2.